The third-order valence-electron chi connectivity index (χ3n) is 2.70. The number of nitrogens with one attached hydrogen (secondary N) is 1. The first-order valence-corrected chi connectivity index (χ1v) is 5.48. The highest BCUT2D eigenvalue weighted by Crippen LogP contribution is 2.29. The summed E-state index contributed by atoms with van der Waals surface area (Å²) in [4.78, 5) is 10.1. The fourth-order valence-corrected chi connectivity index (χ4v) is 1.83. The number of hydrogen-bond donors (Lipinski definition) is 1. The average molecular weight is 277 g/mol. The minimum absolute atomic E-state index is 0. The number of rotatable bonds is 3. The Morgan fingerprint density at radius 2 is 2.06 bits per heavy atom. The molecular weight excluding hydrogens is 263 g/mol. The summed E-state index contributed by atoms with van der Waals surface area (Å²) in [6.07, 6.45) is 1.56. The monoisotopic (exact) mass is 276 g/mol. The summed E-state index contributed by atoms with van der Waals surface area (Å²) >= 11 is 0. The molecule has 18 heavy (non-hydrogen) atoms. The second-order valence-electron chi connectivity index (χ2n) is 3.94. The molecule has 7 heteroatoms. The Balaban J connectivity index is 0.00000162. The Hall–Kier alpha value is -1.40. The number of hydrogen-bond acceptors (Lipinski definition) is 4. The lowest BCUT2D eigenvalue weighted by atomic mass is 10.1. The lowest BCUT2D eigenvalue weighted by Crippen LogP contribution is -2.34. The SMILES string of the molecule is Cl.O=[N+]([O-])c1cc(F)ccc1OC1CCNCC1. The van der Waals surface area contributed by atoms with Crippen LogP contribution in [0.5, 0.6) is 5.75 Å². The molecule has 1 aliphatic heterocycles. The smallest absolute Gasteiger partial charge is 0.313 e. The highest BCUT2D eigenvalue weighted by molar-refractivity contribution is 5.85. The third-order valence-corrected chi connectivity index (χ3v) is 2.70. The van der Waals surface area contributed by atoms with Crippen LogP contribution in [0.1, 0.15) is 12.8 Å². The maximum Gasteiger partial charge on any atom is 0.313 e. The number of ether oxygens (including phenoxy) is 1. The van der Waals surface area contributed by atoms with Gasteiger partial charge in [-0.1, -0.05) is 0 Å². The van der Waals surface area contributed by atoms with E-state index in [1.165, 1.54) is 12.1 Å². The highest BCUT2D eigenvalue weighted by atomic mass is 35.5. The zero-order valence-corrected chi connectivity index (χ0v) is 10.4. The van der Waals surface area contributed by atoms with Crippen molar-refractivity contribution in [2.24, 2.45) is 0 Å². The van der Waals surface area contributed by atoms with Crippen molar-refractivity contribution in [1.29, 1.82) is 0 Å². The summed E-state index contributed by atoms with van der Waals surface area (Å²) in [6.45, 7) is 1.67. The summed E-state index contributed by atoms with van der Waals surface area (Å²) in [5.41, 5.74) is -0.316. The number of piperidine rings is 1. The number of nitro groups is 1. The van der Waals surface area contributed by atoms with Gasteiger partial charge in [-0.15, -0.1) is 12.4 Å². The van der Waals surface area contributed by atoms with Gasteiger partial charge in [0.2, 0.25) is 0 Å². The van der Waals surface area contributed by atoms with Gasteiger partial charge in [-0.25, -0.2) is 4.39 Å². The second kappa shape index (κ2) is 6.51. The topological polar surface area (TPSA) is 64.4 Å². The molecule has 1 aliphatic rings. The van der Waals surface area contributed by atoms with Gasteiger partial charge in [0.25, 0.3) is 0 Å². The van der Waals surface area contributed by atoms with Crippen molar-refractivity contribution >= 4 is 18.1 Å². The van der Waals surface area contributed by atoms with E-state index in [1.54, 1.807) is 0 Å². The predicted octanol–water partition coefficient (Wildman–Crippen LogP) is 2.29. The van der Waals surface area contributed by atoms with Gasteiger partial charge in [0.1, 0.15) is 11.9 Å². The van der Waals surface area contributed by atoms with E-state index in [2.05, 4.69) is 5.32 Å². The van der Waals surface area contributed by atoms with Gasteiger partial charge in [0.05, 0.1) is 11.0 Å². The summed E-state index contributed by atoms with van der Waals surface area (Å²) in [5.74, 6) is -0.488. The van der Waals surface area contributed by atoms with E-state index < -0.39 is 10.7 Å². The molecule has 0 aliphatic carbocycles. The van der Waals surface area contributed by atoms with Crippen molar-refractivity contribution in [1.82, 2.24) is 5.32 Å². The number of benzene rings is 1. The molecule has 1 aromatic rings. The van der Waals surface area contributed by atoms with Gasteiger partial charge in [-0.3, -0.25) is 10.1 Å². The molecule has 0 unspecified atom stereocenters. The van der Waals surface area contributed by atoms with E-state index in [0.29, 0.717) is 0 Å². The van der Waals surface area contributed by atoms with Crippen molar-refractivity contribution in [3.05, 3.63) is 34.1 Å². The van der Waals surface area contributed by atoms with Crippen molar-refractivity contribution in [3.63, 3.8) is 0 Å². The van der Waals surface area contributed by atoms with Crippen LogP contribution in [-0.2, 0) is 0 Å². The Kier molecular flexibility index (Phi) is 5.30. The molecule has 2 rings (SSSR count). The zero-order valence-electron chi connectivity index (χ0n) is 9.60. The zero-order chi connectivity index (χ0) is 12.3. The number of nitro benzene ring substituents is 1. The molecule has 1 aromatic carbocycles. The van der Waals surface area contributed by atoms with Crippen molar-refractivity contribution in [2.75, 3.05) is 13.1 Å². The highest BCUT2D eigenvalue weighted by Gasteiger charge is 2.21. The van der Waals surface area contributed by atoms with Crippen LogP contribution in [-0.4, -0.2) is 24.1 Å². The van der Waals surface area contributed by atoms with Crippen LogP contribution in [0.4, 0.5) is 10.1 Å². The molecule has 5 nitrogen and oxygen atoms in total. The molecule has 1 saturated heterocycles. The standard InChI is InChI=1S/C11H13FN2O3.ClH/c12-8-1-2-11(10(7-8)14(15)16)17-9-3-5-13-6-4-9;/h1-2,7,9,13H,3-6H2;1H. The van der Waals surface area contributed by atoms with E-state index in [-0.39, 0.29) is 29.9 Å². The minimum atomic E-state index is -0.630. The summed E-state index contributed by atoms with van der Waals surface area (Å²) in [6, 6.07) is 3.37. The fraction of sp³-hybridized carbons (Fsp3) is 0.455. The molecule has 100 valence electrons. The largest absolute Gasteiger partial charge is 0.483 e. The molecule has 0 spiro atoms. The van der Waals surface area contributed by atoms with E-state index in [1.807, 2.05) is 0 Å². The molecular formula is C11H14ClFN2O3. The fourth-order valence-electron chi connectivity index (χ4n) is 1.83. The molecule has 0 saturated carbocycles. The summed E-state index contributed by atoms with van der Waals surface area (Å²) in [5, 5.41) is 13.9. The van der Waals surface area contributed by atoms with E-state index in [0.717, 1.165) is 32.0 Å². The van der Waals surface area contributed by atoms with Gasteiger partial charge in [-0.2, -0.15) is 0 Å². The van der Waals surface area contributed by atoms with Gasteiger partial charge in [-0.05, 0) is 38.1 Å². The lowest BCUT2D eigenvalue weighted by molar-refractivity contribution is -0.386. The van der Waals surface area contributed by atoms with Gasteiger partial charge >= 0.3 is 5.69 Å². The number of halogens is 2. The van der Waals surface area contributed by atoms with Crippen LogP contribution >= 0.6 is 12.4 Å². The molecule has 1 heterocycles. The van der Waals surface area contributed by atoms with Crippen LogP contribution in [0.15, 0.2) is 18.2 Å². The van der Waals surface area contributed by atoms with Crippen LogP contribution < -0.4 is 10.1 Å². The molecule has 0 atom stereocenters. The van der Waals surface area contributed by atoms with Crippen molar-refractivity contribution in [2.45, 2.75) is 18.9 Å². The minimum Gasteiger partial charge on any atom is -0.483 e. The summed E-state index contributed by atoms with van der Waals surface area (Å²) in [7, 11) is 0. The Labute approximate surface area is 110 Å². The van der Waals surface area contributed by atoms with Gasteiger partial charge in [0, 0.05) is 0 Å². The maximum absolute atomic E-state index is 12.9. The van der Waals surface area contributed by atoms with E-state index in [4.69, 9.17) is 4.74 Å². The van der Waals surface area contributed by atoms with E-state index >= 15 is 0 Å². The van der Waals surface area contributed by atoms with Gasteiger partial charge < -0.3 is 10.1 Å². The molecule has 0 radical (unpaired) electrons. The van der Waals surface area contributed by atoms with Gasteiger partial charge in [0.15, 0.2) is 5.75 Å². The first-order chi connectivity index (χ1) is 8.16. The molecule has 0 aromatic heterocycles. The van der Waals surface area contributed by atoms with Crippen LogP contribution in [0.3, 0.4) is 0 Å². The van der Waals surface area contributed by atoms with Crippen LogP contribution in [0.25, 0.3) is 0 Å². The average Bonchev–Trinajstić information content (AvgIpc) is 2.32. The molecule has 1 fully saturated rings. The lowest BCUT2D eigenvalue weighted by Gasteiger charge is -2.23. The van der Waals surface area contributed by atoms with E-state index in [9.17, 15) is 14.5 Å². The Morgan fingerprint density at radius 1 is 1.39 bits per heavy atom. The maximum atomic E-state index is 12.9. The predicted molar refractivity (Wildman–Crippen MR) is 66.8 cm³/mol. The van der Waals surface area contributed by atoms with Crippen molar-refractivity contribution in [3.8, 4) is 5.75 Å². The van der Waals surface area contributed by atoms with Crippen LogP contribution in [0, 0.1) is 15.9 Å². The molecule has 0 bridgehead atoms. The first-order valence-electron chi connectivity index (χ1n) is 5.48. The normalized spacial score (nSPS) is 15.8. The van der Waals surface area contributed by atoms with Crippen molar-refractivity contribution < 1.29 is 14.1 Å². The quantitative estimate of drug-likeness (QED) is 0.679. The second-order valence-corrected chi connectivity index (χ2v) is 3.94. The molecule has 1 N–H and O–H groups in total. The number of nitrogens with zero attached hydrogens (tertiary/aromatic N) is 1. The van der Waals surface area contributed by atoms with Crippen LogP contribution in [0.2, 0.25) is 0 Å². The molecule has 0 amide bonds. The summed E-state index contributed by atoms with van der Waals surface area (Å²) < 4.78 is 18.5. The Bertz CT molecular complexity index is 425. The third kappa shape index (κ3) is 3.54. The Morgan fingerprint density at radius 3 is 2.67 bits per heavy atom. The first kappa shape index (κ1) is 14.7.